The fourth-order valence-electron chi connectivity index (χ4n) is 5.11. The number of nitrogens with zero attached hydrogens (tertiary/aromatic N) is 2. The number of nitrogens with one attached hydrogen (secondary N) is 2. The summed E-state index contributed by atoms with van der Waals surface area (Å²) >= 11 is 6.03. The Kier molecular flexibility index (Phi) is 9.43. The molecule has 1 saturated heterocycles. The second-order valence-corrected chi connectivity index (χ2v) is 10.9. The van der Waals surface area contributed by atoms with Crippen LogP contribution in [0.5, 0.6) is 0 Å². The third-order valence-corrected chi connectivity index (χ3v) is 7.60. The number of piperazine rings is 1. The molecule has 1 fully saturated rings. The zero-order valence-electron chi connectivity index (χ0n) is 23.8. The molecule has 0 aliphatic carbocycles. The van der Waals surface area contributed by atoms with Crippen LogP contribution in [0.3, 0.4) is 0 Å². The highest BCUT2D eigenvalue weighted by molar-refractivity contribution is 6.30. The van der Waals surface area contributed by atoms with Crippen LogP contribution in [0.15, 0.2) is 88.1 Å². The molecule has 2 N–H and O–H groups in total. The van der Waals surface area contributed by atoms with Crippen LogP contribution in [0.1, 0.15) is 26.5 Å². The monoisotopic (exact) mass is 640 g/mol. The fourth-order valence-corrected chi connectivity index (χ4v) is 5.23. The van der Waals surface area contributed by atoms with Crippen molar-refractivity contribution in [3.05, 3.63) is 111 Å². The number of alkyl halides is 3. The normalized spacial score (nSPS) is 14.2. The van der Waals surface area contributed by atoms with Crippen LogP contribution in [0.4, 0.5) is 18.9 Å². The SMILES string of the molecule is O=C(N[C@H](Cc1ccc(Cl)cc1)C(=O)N1CCN(c2ccccc2C(=O)NCC(F)(F)F)CC1)c1cc(=O)c2ccccc2o1. The highest BCUT2D eigenvalue weighted by Gasteiger charge is 2.32. The lowest BCUT2D eigenvalue weighted by atomic mass is 10.0. The zero-order valence-corrected chi connectivity index (χ0v) is 24.5. The smallest absolute Gasteiger partial charge is 0.405 e. The lowest BCUT2D eigenvalue weighted by molar-refractivity contribution is -0.133. The van der Waals surface area contributed by atoms with Gasteiger partial charge in [-0.1, -0.05) is 48.0 Å². The molecule has 3 aromatic carbocycles. The molecule has 0 saturated carbocycles. The first kappa shape index (κ1) is 31.6. The van der Waals surface area contributed by atoms with E-state index in [1.165, 1.54) is 6.07 Å². The molecule has 1 atom stereocenters. The van der Waals surface area contributed by atoms with Crippen molar-refractivity contribution < 1.29 is 32.0 Å². The maximum Gasteiger partial charge on any atom is 0.405 e. The van der Waals surface area contributed by atoms with E-state index >= 15 is 0 Å². The van der Waals surface area contributed by atoms with Gasteiger partial charge in [0.25, 0.3) is 11.8 Å². The van der Waals surface area contributed by atoms with Gasteiger partial charge >= 0.3 is 6.18 Å². The van der Waals surface area contributed by atoms with Gasteiger partial charge in [-0.2, -0.15) is 13.2 Å². The van der Waals surface area contributed by atoms with Crippen LogP contribution in [-0.2, 0) is 11.2 Å². The maximum absolute atomic E-state index is 13.8. The van der Waals surface area contributed by atoms with Gasteiger partial charge in [0.05, 0.1) is 10.9 Å². The average molecular weight is 641 g/mol. The topological polar surface area (TPSA) is 112 Å². The number of benzene rings is 3. The molecule has 2 heterocycles. The average Bonchev–Trinajstić information content (AvgIpc) is 3.03. The minimum Gasteiger partial charge on any atom is -0.451 e. The number of rotatable bonds is 8. The highest BCUT2D eigenvalue weighted by Crippen LogP contribution is 2.23. The maximum atomic E-state index is 13.8. The van der Waals surface area contributed by atoms with Crippen LogP contribution >= 0.6 is 11.6 Å². The van der Waals surface area contributed by atoms with Gasteiger partial charge < -0.3 is 24.9 Å². The molecule has 13 heteroatoms. The van der Waals surface area contributed by atoms with Crippen LogP contribution in [0.2, 0.25) is 5.02 Å². The van der Waals surface area contributed by atoms with Crippen molar-refractivity contribution >= 4 is 46.0 Å². The molecule has 4 aromatic rings. The fraction of sp³-hybridized carbons (Fsp3) is 0.250. The Morgan fingerprint density at radius 1 is 0.889 bits per heavy atom. The molecule has 9 nitrogen and oxygen atoms in total. The molecule has 0 radical (unpaired) electrons. The number of halogens is 4. The van der Waals surface area contributed by atoms with Gasteiger partial charge in [-0.05, 0) is 42.0 Å². The number of amides is 3. The number of anilines is 1. The zero-order chi connectivity index (χ0) is 32.1. The Morgan fingerprint density at radius 3 is 2.27 bits per heavy atom. The largest absolute Gasteiger partial charge is 0.451 e. The molecule has 5 rings (SSSR count). The van der Waals surface area contributed by atoms with Crippen LogP contribution in [-0.4, -0.2) is 67.6 Å². The minimum atomic E-state index is -4.55. The van der Waals surface area contributed by atoms with Crippen LogP contribution in [0, 0.1) is 0 Å². The summed E-state index contributed by atoms with van der Waals surface area (Å²) in [6.07, 6.45) is -4.42. The molecular formula is C32H28ClF3N4O5. The molecule has 1 aliphatic rings. The standard InChI is InChI=1S/C32H28ClF3N4O5/c33-21-11-9-20(10-12-21)17-24(38-30(43)28-18-26(41)23-6-2-4-8-27(23)45-28)31(44)40-15-13-39(14-16-40)25-7-3-1-5-22(25)29(42)37-19-32(34,35)36/h1-12,18,24H,13-17,19H2,(H,37,42)(H,38,43)/t24-/m1/s1. The third-order valence-electron chi connectivity index (χ3n) is 7.35. The predicted molar refractivity (Wildman–Crippen MR) is 163 cm³/mol. The first-order chi connectivity index (χ1) is 21.5. The molecule has 0 spiro atoms. The van der Waals surface area contributed by atoms with Crippen molar-refractivity contribution in [2.24, 2.45) is 0 Å². The van der Waals surface area contributed by atoms with Crippen molar-refractivity contribution in [1.82, 2.24) is 15.5 Å². The lowest BCUT2D eigenvalue weighted by Gasteiger charge is -2.38. The van der Waals surface area contributed by atoms with Crippen molar-refractivity contribution in [3.63, 3.8) is 0 Å². The van der Waals surface area contributed by atoms with E-state index in [2.05, 4.69) is 5.32 Å². The van der Waals surface area contributed by atoms with E-state index in [0.29, 0.717) is 16.1 Å². The molecule has 234 valence electrons. The van der Waals surface area contributed by atoms with Crippen molar-refractivity contribution in [3.8, 4) is 0 Å². The molecule has 1 aromatic heterocycles. The van der Waals surface area contributed by atoms with Crippen molar-refractivity contribution in [2.75, 3.05) is 37.6 Å². The van der Waals surface area contributed by atoms with Gasteiger partial charge in [0.2, 0.25) is 5.91 Å². The van der Waals surface area contributed by atoms with E-state index in [1.807, 2.05) is 10.2 Å². The van der Waals surface area contributed by atoms with Gasteiger partial charge in [0, 0.05) is 49.4 Å². The summed E-state index contributed by atoms with van der Waals surface area (Å²) in [4.78, 5) is 55.6. The Balaban J connectivity index is 1.31. The van der Waals surface area contributed by atoms with Crippen LogP contribution < -0.4 is 21.0 Å². The number of carbonyl (C=O) groups excluding carboxylic acids is 3. The molecule has 0 bridgehead atoms. The quantitative estimate of drug-likeness (QED) is 0.295. The van der Waals surface area contributed by atoms with Crippen LogP contribution in [0.25, 0.3) is 11.0 Å². The summed E-state index contributed by atoms with van der Waals surface area (Å²) in [6, 6.07) is 19.7. The van der Waals surface area contributed by atoms with Gasteiger partial charge in [-0.3, -0.25) is 19.2 Å². The number of carbonyl (C=O) groups is 3. The van der Waals surface area contributed by atoms with E-state index in [-0.39, 0.29) is 55.4 Å². The number of hydrogen-bond donors (Lipinski definition) is 2. The first-order valence-corrected chi connectivity index (χ1v) is 14.4. The third kappa shape index (κ3) is 7.82. The molecule has 1 aliphatic heterocycles. The van der Waals surface area contributed by atoms with Gasteiger partial charge in [0.15, 0.2) is 11.2 Å². The number of para-hydroxylation sites is 2. The van der Waals surface area contributed by atoms with Gasteiger partial charge in [-0.25, -0.2) is 0 Å². The summed E-state index contributed by atoms with van der Waals surface area (Å²) in [7, 11) is 0. The van der Waals surface area contributed by atoms with Crippen molar-refractivity contribution in [2.45, 2.75) is 18.6 Å². The minimum absolute atomic E-state index is 0.0892. The van der Waals surface area contributed by atoms with Gasteiger partial charge in [0.1, 0.15) is 18.2 Å². The van der Waals surface area contributed by atoms with Gasteiger partial charge in [-0.15, -0.1) is 0 Å². The second-order valence-electron chi connectivity index (χ2n) is 10.5. The van der Waals surface area contributed by atoms with E-state index in [4.69, 9.17) is 16.0 Å². The van der Waals surface area contributed by atoms with Crippen molar-refractivity contribution in [1.29, 1.82) is 0 Å². The molecule has 0 unspecified atom stereocenters. The highest BCUT2D eigenvalue weighted by atomic mass is 35.5. The summed E-state index contributed by atoms with van der Waals surface area (Å²) in [6.45, 7) is -0.441. The lowest BCUT2D eigenvalue weighted by Crippen LogP contribution is -2.56. The first-order valence-electron chi connectivity index (χ1n) is 14.0. The summed E-state index contributed by atoms with van der Waals surface area (Å²) in [5.74, 6) is -2.20. The Labute approximate surface area is 260 Å². The number of hydrogen-bond acceptors (Lipinski definition) is 6. The molecule has 45 heavy (non-hydrogen) atoms. The molecular weight excluding hydrogens is 613 g/mol. The number of fused-ring (bicyclic) bond motifs is 1. The summed E-state index contributed by atoms with van der Waals surface area (Å²) in [5, 5.41) is 5.45. The van der Waals surface area contributed by atoms with E-state index in [1.54, 1.807) is 71.6 Å². The second kappa shape index (κ2) is 13.4. The Hall–Kier alpha value is -4.84. The summed E-state index contributed by atoms with van der Waals surface area (Å²) < 4.78 is 43.7. The van der Waals surface area contributed by atoms with E-state index < -0.39 is 36.0 Å². The predicted octanol–water partition coefficient (Wildman–Crippen LogP) is 4.43. The molecule has 3 amide bonds. The Morgan fingerprint density at radius 2 is 1.56 bits per heavy atom. The Bertz CT molecular complexity index is 1770. The van der Waals surface area contributed by atoms with E-state index in [9.17, 15) is 32.3 Å². The van der Waals surface area contributed by atoms with E-state index in [0.717, 1.165) is 11.6 Å². The summed E-state index contributed by atoms with van der Waals surface area (Å²) in [5.41, 5.74) is 1.11.